The number of halogens is 1. The first-order valence-corrected chi connectivity index (χ1v) is 6.70. The molecule has 0 saturated carbocycles. The largest absolute Gasteiger partial charge is 0.493 e. The number of nitrogens with one attached hydrogen (secondary N) is 1. The van der Waals surface area contributed by atoms with Crippen LogP contribution in [0.5, 0.6) is 5.88 Å². The van der Waals surface area contributed by atoms with E-state index in [4.69, 9.17) is 0 Å². The topological polar surface area (TPSA) is 78.9 Å². The van der Waals surface area contributed by atoms with E-state index in [1.54, 1.807) is 12.3 Å². The SMILES string of the molecule is Cc1c(O)nc(-c2ccc(Br)c3cccnc23)[nH]c1=O. The highest BCUT2D eigenvalue weighted by molar-refractivity contribution is 9.10. The fourth-order valence-corrected chi connectivity index (χ4v) is 2.43. The van der Waals surface area contributed by atoms with Gasteiger partial charge in [-0.3, -0.25) is 9.78 Å². The number of rotatable bonds is 1. The molecule has 5 nitrogen and oxygen atoms in total. The van der Waals surface area contributed by atoms with Crippen molar-refractivity contribution < 1.29 is 5.11 Å². The van der Waals surface area contributed by atoms with Crippen molar-refractivity contribution in [3.63, 3.8) is 0 Å². The monoisotopic (exact) mass is 331 g/mol. The molecule has 0 amide bonds. The van der Waals surface area contributed by atoms with Crippen molar-refractivity contribution in [1.82, 2.24) is 15.0 Å². The number of aromatic hydroxyl groups is 1. The Morgan fingerprint density at radius 1 is 1.30 bits per heavy atom. The summed E-state index contributed by atoms with van der Waals surface area (Å²) in [5.74, 6) is 0.0325. The van der Waals surface area contributed by atoms with Crippen LogP contribution >= 0.6 is 15.9 Å². The molecule has 0 aliphatic carbocycles. The van der Waals surface area contributed by atoms with E-state index in [1.807, 2.05) is 18.2 Å². The highest BCUT2D eigenvalue weighted by atomic mass is 79.9. The molecule has 0 aliphatic rings. The van der Waals surface area contributed by atoms with Gasteiger partial charge in [0, 0.05) is 21.6 Å². The normalized spacial score (nSPS) is 10.9. The number of benzene rings is 1. The lowest BCUT2D eigenvalue weighted by Crippen LogP contribution is -2.12. The number of aromatic amines is 1. The summed E-state index contributed by atoms with van der Waals surface area (Å²) in [5, 5.41) is 10.6. The van der Waals surface area contributed by atoms with Gasteiger partial charge in [0.25, 0.3) is 5.56 Å². The van der Waals surface area contributed by atoms with Crippen molar-refractivity contribution >= 4 is 26.8 Å². The van der Waals surface area contributed by atoms with Crippen LogP contribution in [0.25, 0.3) is 22.3 Å². The van der Waals surface area contributed by atoms with Gasteiger partial charge in [0.2, 0.25) is 5.88 Å². The van der Waals surface area contributed by atoms with Gasteiger partial charge in [-0.25, -0.2) is 0 Å². The van der Waals surface area contributed by atoms with E-state index in [2.05, 4.69) is 30.9 Å². The summed E-state index contributed by atoms with van der Waals surface area (Å²) in [6.07, 6.45) is 1.67. The molecular weight excluding hydrogens is 322 g/mol. The van der Waals surface area contributed by atoms with Crippen LogP contribution in [-0.2, 0) is 0 Å². The Kier molecular flexibility index (Phi) is 3.02. The lowest BCUT2D eigenvalue weighted by Gasteiger charge is -2.07. The van der Waals surface area contributed by atoms with Gasteiger partial charge >= 0.3 is 0 Å². The molecular formula is C14H10BrN3O2. The molecule has 0 unspecified atom stereocenters. The van der Waals surface area contributed by atoms with E-state index < -0.39 is 0 Å². The first-order chi connectivity index (χ1) is 9.58. The van der Waals surface area contributed by atoms with Gasteiger partial charge < -0.3 is 10.1 Å². The predicted molar refractivity (Wildman–Crippen MR) is 79.7 cm³/mol. The van der Waals surface area contributed by atoms with Crippen LogP contribution in [0.1, 0.15) is 5.56 Å². The Bertz CT molecular complexity index is 874. The fraction of sp³-hybridized carbons (Fsp3) is 0.0714. The third kappa shape index (κ3) is 1.98. The van der Waals surface area contributed by atoms with Gasteiger partial charge in [0.15, 0.2) is 0 Å². The minimum Gasteiger partial charge on any atom is -0.493 e. The Balaban J connectivity index is 2.36. The molecule has 2 aromatic heterocycles. The average Bonchev–Trinajstić information content (AvgIpc) is 2.45. The zero-order chi connectivity index (χ0) is 14.3. The number of aromatic nitrogens is 3. The van der Waals surface area contributed by atoms with E-state index in [9.17, 15) is 9.90 Å². The maximum Gasteiger partial charge on any atom is 0.257 e. The molecule has 0 saturated heterocycles. The van der Waals surface area contributed by atoms with Crippen molar-refractivity contribution in [3.05, 3.63) is 50.9 Å². The molecule has 6 heteroatoms. The maximum atomic E-state index is 11.8. The van der Waals surface area contributed by atoms with Crippen molar-refractivity contribution in [1.29, 1.82) is 0 Å². The molecule has 0 bridgehead atoms. The summed E-state index contributed by atoms with van der Waals surface area (Å²) in [4.78, 5) is 22.8. The van der Waals surface area contributed by atoms with Crippen LogP contribution in [0.2, 0.25) is 0 Å². The Labute approximate surface area is 122 Å². The lowest BCUT2D eigenvalue weighted by atomic mass is 10.1. The van der Waals surface area contributed by atoms with Gasteiger partial charge in [-0.1, -0.05) is 22.0 Å². The second-order valence-electron chi connectivity index (χ2n) is 4.36. The van der Waals surface area contributed by atoms with Gasteiger partial charge in [-0.05, 0) is 25.1 Å². The first-order valence-electron chi connectivity index (χ1n) is 5.91. The van der Waals surface area contributed by atoms with Crippen LogP contribution in [-0.4, -0.2) is 20.1 Å². The van der Waals surface area contributed by atoms with E-state index in [1.165, 1.54) is 6.92 Å². The Morgan fingerprint density at radius 2 is 2.10 bits per heavy atom. The zero-order valence-corrected chi connectivity index (χ0v) is 12.1. The smallest absolute Gasteiger partial charge is 0.257 e. The van der Waals surface area contributed by atoms with E-state index >= 15 is 0 Å². The molecule has 0 radical (unpaired) electrons. The number of pyridine rings is 1. The van der Waals surface area contributed by atoms with Crippen LogP contribution in [0.3, 0.4) is 0 Å². The summed E-state index contributed by atoms with van der Waals surface area (Å²) in [6, 6.07) is 7.41. The predicted octanol–water partition coefficient (Wildman–Crippen LogP) is 2.76. The molecule has 0 spiro atoms. The second-order valence-corrected chi connectivity index (χ2v) is 5.21. The minimum absolute atomic E-state index is 0.197. The van der Waals surface area contributed by atoms with Crippen LogP contribution in [0, 0.1) is 6.92 Å². The zero-order valence-electron chi connectivity index (χ0n) is 10.5. The van der Waals surface area contributed by atoms with E-state index in [0.717, 1.165) is 9.86 Å². The summed E-state index contributed by atoms with van der Waals surface area (Å²) in [7, 11) is 0. The molecule has 0 fully saturated rings. The molecule has 20 heavy (non-hydrogen) atoms. The van der Waals surface area contributed by atoms with Gasteiger partial charge in [0.1, 0.15) is 5.82 Å². The second kappa shape index (κ2) is 4.72. The Morgan fingerprint density at radius 3 is 2.85 bits per heavy atom. The highest BCUT2D eigenvalue weighted by Gasteiger charge is 2.12. The summed E-state index contributed by atoms with van der Waals surface area (Å²) < 4.78 is 0.906. The van der Waals surface area contributed by atoms with Crippen LogP contribution < -0.4 is 5.56 Å². The van der Waals surface area contributed by atoms with Gasteiger partial charge in [-0.15, -0.1) is 0 Å². The highest BCUT2D eigenvalue weighted by Crippen LogP contribution is 2.30. The van der Waals surface area contributed by atoms with Crippen molar-refractivity contribution in [3.8, 4) is 17.3 Å². The number of H-pyrrole nitrogens is 1. The quantitative estimate of drug-likeness (QED) is 0.718. The minimum atomic E-state index is -0.362. The third-order valence-electron chi connectivity index (χ3n) is 3.10. The first kappa shape index (κ1) is 12.8. The Hall–Kier alpha value is -2.21. The molecule has 3 aromatic rings. The number of fused-ring (bicyclic) bond motifs is 1. The van der Waals surface area contributed by atoms with Gasteiger partial charge in [-0.2, -0.15) is 4.98 Å². The molecule has 2 heterocycles. The molecule has 1 aromatic carbocycles. The standard InChI is InChI=1S/C14H10BrN3O2/c1-7-13(19)17-12(18-14(7)20)9-4-5-10(15)8-3-2-6-16-11(8)9/h2-6H,1H3,(H2,17,18,19,20). The molecule has 0 aliphatic heterocycles. The van der Waals surface area contributed by atoms with Crippen LogP contribution in [0.4, 0.5) is 0 Å². The lowest BCUT2D eigenvalue weighted by molar-refractivity contribution is 0.447. The third-order valence-corrected chi connectivity index (χ3v) is 3.79. The maximum absolute atomic E-state index is 11.8. The number of hydrogen-bond acceptors (Lipinski definition) is 4. The van der Waals surface area contributed by atoms with Crippen molar-refractivity contribution in [2.24, 2.45) is 0 Å². The number of hydrogen-bond donors (Lipinski definition) is 2. The van der Waals surface area contributed by atoms with Gasteiger partial charge in [0.05, 0.1) is 11.1 Å². The van der Waals surface area contributed by atoms with E-state index in [-0.39, 0.29) is 17.0 Å². The van der Waals surface area contributed by atoms with Crippen molar-refractivity contribution in [2.75, 3.05) is 0 Å². The molecule has 0 atom stereocenters. The molecule has 3 rings (SSSR count). The molecule has 100 valence electrons. The average molecular weight is 332 g/mol. The van der Waals surface area contributed by atoms with E-state index in [0.29, 0.717) is 16.9 Å². The molecule has 2 N–H and O–H groups in total. The van der Waals surface area contributed by atoms with Crippen molar-refractivity contribution in [2.45, 2.75) is 6.92 Å². The summed E-state index contributed by atoms with van der Waals surface area (Å²) in [6.45, 7) is 1.52. The van der Waals surface area contributed by atoms with Crippen LogP contribution in [0.15, 0.2) is 39.7 Å². The summed E-state index contributed by atoms with van der Waals surface area (Å²) >= 11 is 3.46. The fourth-order valence-electron chi connectivity index (χ4n) is 1.98. The summed E-state index contributed by atoms with van der Waals surface area (Å²) in [5.41, 5.74) is 1.20. The number of nitrogens with zero attached hydrogens (tertiary/aromatic N) is 2.